The van der Waals surface area contributed by atoms with Crippen molar-refractivity contribution in [2.75, 3.05) is 19.8 Å². The first-order valence-electron chi connectivity index (χ1n) is 7.96. The van der Waals surface area contributed by atoms with Crippen LogP contribution in [0.25, 0.3) is 6.08 Å². The second kappa shape index (κ2) is 9.20. The van der Waals surface area contributed by atoms with Crippen LogP contribution in [-0.4, -0.2) is 35.7 Å². The van der Waals surface area contributed by atoms with Crippen molar-refractivity contribution in [2.24, 2.45) is 4.99 Å². The monoisotopic (exact) mass is 546 g/mol. The molecule has 1 saturated heterocycles. The van der Waals surface area contributed by atoms with E-state index in [9.17, 15) is 4.79 Å². The molecule has 136 valence electrons. The van der Waals surface area contributed by atoms with E-state index in [-0.39, 0.29) is 5.91 Å². The van der Waals surface area contributed by atoms with Crippen LogP contribution in [0.2, 0.25) is 0 Å². The van der Waals surface area contributed by atoms with Gasteiger partial charge in [-0.3, -0.25) is 9.69 Å². The van der Waals surface area contributed by atoms with Crippen molar-refractivity contribution < 1.29 is 13.9 Å². The van der Waals surface area contributed by atoms with E-state index >= 15 is 0 Å². The number of para-hydroxylation sites is 1. The van der Waals surface area contributed by atoms with Crippen molar-refractivity contribution in [2.45, 2.75) is 6.92 Å². The molecule has 1 aromatic carbocycles. The predicted octanol–water partition coefficient (Wildman–Crippen LogP) is 5.29. The van der Waals surface area contributed by atoms with Crippen molar-refractivity contribution in [1.29, 1.82) is 0 Å². The highest BCUT2D eigenvalue weighted by Crippen LogP contribution is 2.35. The number of aliphatic imine (C=N–C) groups is 1. The largest absolute Gasteiger partial charge is 0.450 e. The average molecular weight is 547 g/mol. The number of rotatable bonds is 6. The molecule has 0 atom stereocenters. The zero-order valence-electron chi connectivity index (χ0n) is 13.9. The van der Waals surface area contributed by atoms with Crippen LogP contribution < -0.4 is 0 Å². The summed E-state index contributed by atoms with van der Waals surface area (Å²) in [5, 5.41) is 0.646. The van der Waals surface area contributed by atoms with Gasteiger partial charge in [0.25, 0.3) is 5.91 Å². The second-order valence-electron chi connectivity index (χ2n) is 5.26. The van der Waals surface area contributed by atoms with Gasteiger partial charge in [-0.05, 0) is 52.8 Å². The van der Waals surface area contributed by atoms with E-state index in [2.05, 4.69) is 43.5 Å². The molecule has 1 fully saturated rings. The molecule has 0 radical (unpaired) electrons. The maximum atomic E-state index is 12.8. The van der Waals surface area contributed by atoms with Crippen LogP contribution >= 0.6 is 50.3 Å². The lowest BCUT2D eigenvalue weighted by Gasteiger charge is -2.15. The lowest BCUT2D eigenvalue weighted by Crippen LogP contribution is -2.32. The molecule has 0 aliphatic carbocycles. The first-order valence-corrected chi connectivity index (χ1v) is 10.6. The summed E-state index contributed by atoms with van der Waals surface area (Å²) < 4.78 is 12.7. The van der Waals surface area contributed by atoms with Crippen molar-refractivity contribution in [1.82, 2.24) is 4.90 Å². The minimum atomic E-state index is -0.0908. The van der Waals surface area contributed by atoms with Crippen LogP contribution in [0.4, 0.5) is 5.69 Å². The Morgan fingerprint density at radius 3 is 2.81 bits per heavy atom. The van der Waals surface area contributed by atoms with E-state index in [0.717, 1.165) is 13.9 Å². The van der Waals surface area contributed by atoms with Gasteiger partial charge in [0.15, 0.2) is 8.93 Å². The highest BCUT2D eigenvalue weighted by atomic mass is 127. The van der Waals surface area contributed by atoms with Gasteiger partial charge in [-0.15, -0.1) is 0 Å². The molecule has 2 aromatic rings. The molecule has 0 unspecified atom stereocenters. The third-order valence-corrected chi connectivity index (χ3v) is 6.61. The van der Waals surface area contributed by atoms with Gasteiger partial charge < -0.3 is 9.15 Å². The summed E-state index contributed by atoms with van der Waals surface area (Å²) in [6, 6.07) is 11.4. The van der Waals surface area contributed by atoms with Crippen LogP contribution in [0.3, 0.4) is 0 Å². The minimum absolute atomic E-state index is 0.0908. The van der Waals surface area contributed by atoms with Gasteiger partial charge in [0.05, 0.1) is 28.2 Å². The fourth-order valence-electron chi connectivity index (χ4n) is 2.27. The Kier molecular flexibility index (Phi) is 6.96. The normalized spacial score (nSPS) is 17.7. The van der Waals surface area contributed by atoms with Crippen LogP contribution in [-0.2, 0) is 9.53 Å². The first-order chi connectivity index (χ1) is 12.6. The van der Waals surface area contributed by atoms with Gasteiger partial charge >= 0.3 is 0 Å². The number of benzene rings is 1. The molecular formula is C18H16BrIN2O3S. The van der Waals surface area contributed by atoms with Gasteiger partial charge in [0.2, 0.25) is 0 Å². The van der Waals surface area contributed by atoms with Crippen LogP contribution in [0.15, 0.2) is 55.2 Å². The molecule has 0 spiro atoms. The average Bonchev–Trinajstić information content (AvgIpc) is 3.09. The van der Waals surface area contributed by atoms with E-state index in [1.807, 2.05) is 43.3 Å². The number of carbonyl (C=O) groups excluding carboxylic acids is 1. The van der Waals surface area contributed by atoms with E-state index in [4.69, 9.17) is 9.15 Å². The van der Waals surface area contributed by atoms with Crippen molar-refractivity contribution in [3.8, 4) is 0 Å². The molecule has 2 heterocycles. The molecule has 3 rings (SSSR count). The smallest absolute Gasteiger partial charge is 0.266 e. The Balaban J connectivity index is 1.89. The number of nitrogens with zero attached hydrogens (tertiary/aromatic N) is 2. The van der Waals surface area contributed by atoms with Crippen molar-refractivity contribution in [3.05, 3.63) is 55.3 Å². The van der Waals surface area contributed by atoms with Crippen molar-refractivity contribution in [3.63, 3.8) is 0 Å². The molecule has 26 heavy (non-hydrogen) atoms. The second-order valence-corrected chi connectivity index (χ2v) is 8.11. The number of furan rings is 1. The summed E-state index contributed by atoms with van der Waals surface area (Å²) in [4.78, 5) is 19.7. The van der Waals surface area contributed by atoms with Crippen molar-refractivity contribution >= 4 is 73.1 Å². The lowest BCUT2D eigenvalue weighted by atomic mass is 10.3. The summed E-state index contributed by atoms with van der Waals surface area (Å²) in [6.45, 7) is 3.47. The van der Waals surface area contributed by atoms with Crippen LogP contribution in [0.1, 0.15) is 12.7 Å². The van der Waals surface area contributed by atoms with E-state index in [0.29, 0.717) is 35.6 Å². The Labute approximate surface area is 178 Å². The number of amidine groups is 1. The van der Waals surface area contributed by atoms with E-state index in [1.54, 1.807) is 11.0 Å². The molecule has 5 nitrogen and oxygen atoms in total. The molecule has 1 aromatic heterocycles. The van der Waals surface area contributed by atoms with Crippen LogP contribution in [0, 0.1) is 3.77 Å². The molecule has 1 aliphatic rings. The van der Waals surface area contributed by atoms with Gasteiger partial charge in [-0.1, -0.05) is 18.2 Å². The zero-order valence-corrected chi connectivity index (χ0v) is 18.5. The summed E-state index contributed by atoms with van der Waals surface area (Å²) >= 11 is 6.86. The van der Waals surface area contributed by atoms with E-state index < -0.39 is 0 Å². The Bertz CT molecular complexity index is 832. The highest BCUT2D eigenvalue weighted by molar-refractivity contribution is 14.1. The number of ether oxygens (including phenoxy) is 1. The molecule has 1 aliphatic heterocycles. The Morgan fingerprint density at radius 1 is 1.38 bits per heavy atom. The predicted molar refractivity (Wildman–Crippen MR) is 116 cm³/mol. The number of carbonyl (C=O) groups is 1. The quantitative estimate of drug-likeness (QED) is 0.281. The lowest BCUT2D eigenvalue weighted by molar-refractivity contribution is -0.122. The number of amides is 1. The zero-order chi connectivity index (χ0) is 18.5. The van der Waals surface area contributed by atoms with Gasteiger partial charge in [0.1, 0.15) is 5.76 Å². The highest BCUT2D eigenvalue weighted by Gasteiger charge is 2.33. The third kappa shape index (κ3) is 4.79. The fourth-order valence-corrected chi connectivity index (χ4v) is 3.99. The third-order valence-electron chi connectivity index (χ3n) is 3.47. The number of hydrogen-bond acceptors (Lipinski definition) is 5. The Hall–Kier alpha value is -1.10. The summed E-state index contributed by atoms with van der Waals surface area (Å²) in [7, 11) is 0. The Morgan fingerprint density at radius 2 is 2.15 bits per heavy atom. The molecule has 0 N–H and O–H groups in total. The van der Waals surface area contributed by atoms with Gasteiger partial charge in [0, 0.05) is 35.3 Å². The topological polar surface area (TPSA) is 55.0 Å². The number of thioether (sulfide) groups is 1. The maximum absolute atomic E-state index is 12.8. The summed E-state index contributed by atoms with van der Waals surface area (Å²) in [5.74, 6) is 0.537. The van der Waals surface area contributed by atoms with E-state index in [1.165, 1.54) is 11.8 Å². The summed E-state index contributed by atoms with van der Waals surface area (Å²) in [5.41, 5.74) is 0.806. The van der Waals surface area contributed by atoms with Gasteiger partial charge in [-0.25, -0.2) is 4.99 Å². The fraction of sp³-hybridized carbons (Fsp3) is 0.222. The first kappa shape index (κ1) is 19.7. The number of halogens is 2. The maximum Gasteiger partial charge on any atom is 0.266 e. The standard InChI is InChI=1S/C18H16BrIN2O3S/c1-2-24-9-8-22-17(23)15(11-13-10-14(19)16(20)25-13)26-18(22)21-12-6-4-3-5-7-12/h3-7,10-11H,2,8-9H2,1H3/b15-11-,21-18?. The summed E-state index contributed by atoms with van der Waals surface area (Å²) in [6.07, 6.45) is 1.75. The van der Waals surface area contributed by atoms with Gasteiger partial charge in [-0.2, -0.15) is 0 Å². The molecule has 0 saturated carbocycles. The van der Waals surface area contributed by atoms with Crippen LogP contribution in [0.5, 0.6) is 0 Å². The molecule has 0 bridgehead atoms. The molecule has 8 heteroatoms. The molecular weight excluding hydrogens is 531 g/mol. The molecule has 1 amide bonds. The minimum Gasteiger partial charge on any atom is -0.450 e. The SMILES string of the molecule is CCOCCN1C(=O)/C(=C/c2cc(Br)c(I)o2)SC1=Nc1ccccc1. The number of hydrogen-bond donors (Lipinski definition) is 0.